The van der Waals surface area contributed by atoms with Gasteiger partial charge in [0.2, 0.25) is 0 Å². The number of nitrogens with two attached hydrogens (primary N) is 1. The van der Waals surface area contributed by atoms with E-state index in [4.69, 9.17) is 10.5 Å². The van der Waals surface area contributed by atoms with Crippen LogP contribution in [-0.4, -0.2) is 13.2 Å². The van der Waals surface area contributed by atoms with Crippen molar-refractivity contribution in [2.24, 2.45) is 17.6 Å². The predicted octanol–water partition coefficient (Wildman–Crippen LogP) is 3.45. The Morgan fingerprint density at radius 3 is 2.69 bits per heavy atom. The maximum atomic E-state index is 5.71. The van der Waals surface area contributed by atoms with Gasteiger partial charge in [-0.15, -0.1) is 0 Å². The number of rotatable bonds is 6. The topological polar surface area (TPSA) is 35.2 Å². The molecule has 1 aromatic carbocycles. The molecule has 0 amide bonds. The van der Waals surface area contributed by atoms with Gasteiger partial charge in [-0.05, 0) is 43.0 Å². The van der Waals surface area contributed by atoms with E-state index in [1.165, 1.54) is 0 Å². The van der Waals surface area contributed by atoms with Crippen LogP contribution >= 0.6 is 15.9 Å². The molecule has 1 atom stereocenters. The summed E-state index contributed by atoms with van der Waals surface area (Å²) in [6, 6.07) is 7.91. The molecular formula is C13H20BrNO. The van der Waals surface area contributed by atoms with Crippen molar-refractivity contribution >= 4 is 15.9 Å². The molecule has 0 bridgehead atoms. The van der Waals surface area contributed by atoms with Crippen molar-refractivity contribution in [2.75, 3.05) is 13.2 Å². The molecule has 2 nitrogen and oxygen atoms in total. The zero-order chi connectivity index (χ0) is 12.0. The molecule has 1 unspecified atom stereocenters. The van der Waals surface area contributed by atoms with Crippen molar-refractivity contribution in [3.63, 3.8) is 0 Å². The molecule has 0 aromatic heterocycles. The van der Waals surface area contributed by atoms with Gasteiger partial charge >= 0.3 is 0 Å². The first-order valence-corrected chi connectivity index (χ1v) is 6.51. The molecule has 16 heavy (non-hydrogen) atoms. The second-order valence-electron chi connectivity index (χ2n) is 4.33. The van der Waals surface area contributed by atoms with Gasteiger partial charge in [-0.2, -0.15) is 0 Å². The van der Waals surface area contributed by atoms with Gasteiger partial charge in [0.15, 0.2) is 0 Å². The van der Waals surface area contributed by atoms with Gasteiger partial charge in [0.25, 0.3) is 0 Å². The first kappa shape index (κ1) is 13.5. The molecule has 2 N–H and O–H groups in total. The maximum absolute atomic E-state index is 5.71. The summed E-state index contributed by atoms with van der Waals surface area (Å²) < 4.78 is 6.73. The molecule has 0 heterocycles. The quantitative estimate of drug-likeness (QED) is 0.869. The molecule has 0 spiro atoms. The number of halogens is 1. The molecule has 0 radical (unpaired) electrons. The van der Waals surface area contributed by atoms with Crippen LogP contribution in [-0.2, 0) is 0 Å². The minimum Gasteiger partial charge on any atom is -0.494 e. The summed E-state index contributed by atoms with van der Waals surface area (Å²) in [5, 5.41) is 0. The van der Waals surface area contributed by atoms with E-state index in [1.807, 2.05) is 24.3 Å². The van der Waals surface area contributed by atoms with E-state index in [9.17, 15) is 0 Å². The van der Waals surface area contributed by atoms with Crippen LogP contribution in [0.25, 0.3) is 0 Å². The van der Waals surface area contributed by atoms with Crippen molar-refractivity contribution in [3.05, 3.63) is 28.7 Å². The third-order valence-corrected chi connectivity index (χ3v) is 3.29. The van der Waals surface area contributed by atoms with Crippen molar-refractivity contribution in [1.29, 1.82) is 0 Å². The summed E-state index contributed by atoms with van der Waals surface area (Å²) in [6.07, 6.45) is 1.01. The normalized spacial score (nSPS) is 12.8. The van der Waals surface area contributed by atoms with E-state index in [2.05, 4.69) is 29.8 Å². The number of hydrogen-bond acceptors (Lipinski definition) is 2. The van der Waals surface area contributed by atoms with Crippen molar-refractivity contribution in [1.82, 2.24) is 0 Å². The van der Waals surface area contributed by atoms with Crippen LogP contribution in [0.2, 0.25) is 0 Å². The third kappa shape index (κ3) is 4.54. The van der Waals surface area contributed by atoms with Gasteiger partial charge in [0, 0.05) is 4.47 Å². The Balaban J connectivity index is 2.35. The Bertz CT molecular complexity index is 315. The summed E-state index contributed by atoms with van der Waals surface area (Å²) in [7, 11) is 0. The highest BCUT2D eigenvalue weighted by atomic mass is 79.9. The minimum atomic E-state index is 0.548. The van der Waals surface area contributed by atoms with E-state index >= 15 is 0 Å². The molecule has 0 aliphatic rings. The van der Waals surface area contributed by atoms with Gasteiger partial charge in [-0.3, -0.25) is 0 Å². The van der Waals surface area contributed by atoms with E-state index in [-0.39, 0.29) is 0 Å². The Morgan fingerprint density at radius 2 is 2.12 bits per heavy atom. The van der Waals surface area contributed by atoms with Crippen LogP contribution in [0, 0.1) is 11.8 Å². The second kappa shape index (κ2) is 6.92. The summed E-state index contributed by atoms with van der Waals surface area (Å²) in [5.74, 6) is 2.08. The molecule has 1 aromatic rings. The van der Waals surface area contributed by atoms with Crippen molar-refractivity contribution < 1.29 is 4.74 Å². The van der Waals surface area contributed by atoms with Gasteiger partial charge in [0.1, 0.15) is 5.75 Å². The lowest BCUT2D eigenvalue weighted by Gasteiger charge is -2.18. The number of ether oxygens (including phenoxy) is 1. The number of hydrogen-bond donors (Lipinski definition) is 1. The Hall–Kier alpha value is -0.540. The van der Waals surface area contributed by atoms with Crippen LogP contribution in [0.5, 0.6) is 5.75 Å². The lowest BCUT2D eigenvalue weighted by atomic mass is 9.93. The van der Waals surface area contributed by atoms with E-state index in [0.29, 0.717) is 11.8 Å². The summed E-state index contributed by atoms with van der Waals surface area (Å²) in [4.78, 5) is 0. The fourth-order valence-electron chi connectivity index (χ4n) is 1.61. The van der Waals surface area contributed by atoms with E-state index in [0.717, 1.165) is 29.8 Å². The molecule has 1 rings (SSSR count). The average Bonchev–Trinajstić information content (AvgIpc) is 2.24. The standard InChI is InChI=1S/C13H20BrNO/c1-10(2)11(9-15)6-7-16-13-5-3-4-12(14)8-13/h3-5,8,10-11H,6-7,9,15H2,1-2H3. The highest BCUT2D eigenvalue weighted by Gasteiger charge is 2.11. The largest absolute Gasteiger partial charge is 0.494 e. The highest BCUT2D eigenvalue weighted by molar-refractivity contribution is 9.10. The lowest BCUT2D eigenvalue weighted by molar-refractivity contribution is 0.252. The zero-order valence-corrected chi connectivity index (χ0v) is 11.5. The van der Waals surface area contributed by atoms with Gasteiger partial charge in [-0.1, -0.05) is 35.8 Å². The molecule has 0 saturated carbocycles. The fraction of sp³-hybridized carbons (Fsp3) is 0.538. The minimum absolute atomic E-state index is 0.548. The lowest BCUT2D eigenvalue weighted by Crippen LogP contribution is -2.22. The fourth-order valence-corrected chi connectivity index (χ4v) is 1.99. The molecular weight excluding hydrogens is 266 g/mol. The monoisotopic (exact) mass is 285 g/mol. The number of benzene rings is 1. The highest BCUT2D eigenvalue weighted by Crippen LogP contribution is 2.19. The van der Waals surface area contributed by atoms with Gasteiger partial charge < -0.3 is 10.5 Å². The van der Waals surface area contributed by atoms with E-state index in [1.54, 1.807) is 0 Å². The second-order valence-corrected chi connectivity index (χ2v) is 5.25. The molecule has 0 fully saturated rings. The molecule has 0 aliphatic carbocycles. The maximum Gasteiger partial charge on any atom is 0.120 e. The SMILES string of the molecule is CC(C)C(CN)CCOc1cccc(Br)c1. The zero-order valence-electron chi connectivity index (χ0n) is 9.95. The Morgan fingerprint density at radius 1 is 1.38 bits per heavy atom. The third-order valence-electron chi connectivity index (χ3n) is 2.80. The van der Waals surface area contributed by atoms with Crippen LogP contribution in [0.1, 0.15) is 20.3 Å². The van der Waals surface area contributed by atoms with E-state index < -0.39 is 0 Å². The van der Waals surface area contributed by atoms with Crippen LogP contribution in [0.3, 0.4) is 0 Å². The summed E-state index contributed by atoms with van der Waals surface area (Å²) in [5.41, 5.74) is 5.71. The smallest absolute Gasteiger partial charge is 0.120 e. The summed E-state index contributed by atoms with van der Waals surface area (Å²) >= 11 is 3.42. The van der Waals surface area contributed by atoms with Crippen LogP contribution in [0.4, 0.5) is 0 Å². The molecule has 0 aliphatic heterocycles. The first-order chi connectivity index (χ1) is 7.63. The molecule has 0 saturated heterocycles. The van der Waals surface area contributed by atoms with Crippen LogP contribution < -0.4 is 10.5 Å². The molecule has 90 valence electrons. The predicted molar refractivity (Wildman–Crippen MR) is 71.6 cm³/mol. The summed E-state index contributed by atoms with van der Waals surface area (Å²) in [6.45, 7) is 5.88. The Labute approximate surface area is 106 Å². The van der Waals surface area contributed by atoms with Gasteiger partial charge in [-0.25, -0.2) is 0 Å². The average molecular weight is 286 g/mol. The van der Waals surface area contributed by atoms with Crippen molar-refractivity contribution in [2.45, 2.75) is 20.3 Å². The molecule has 3 heteroatoms. The van der Waals surface area contributed by atoms with Gasteiger partial charge in [0.05, 0.1) is 6.61 Å². The first-order valence-electron chi connectivity index (χ1n) is 5.72. The Kier molecular flexibility index (Phi) is 5.85. The van der Waals surface area contributed by atoms with Crippen molar-refractivity contribution in [3.8, 4) is 5.75 Å². The van der Waals surface area contributed by atoms with Crippen LogP contribution in [0.15, 0.2) is 28.7 Å².